The van der Waals surface area contributed by atoms with Crippen LogP contribution in [0.5, 0.6) is 5.75 Å². The van der Waals surface area contributed by atoms with Crippen molar-refractivity contribution in [1.82, 2.24) is 19.7 Å². The van der Waals surface area contributed by atoms with Crippen molar-refractivity contribution in [2.45, 2.75) is 12.1 Å². The number of H-pyrrole nitrogens is 1. The fourth-order valence-electron chi connectivity index (χ4n) is 2.94. The average molecular weight is 406 g/mol. The number of para-hydroxylation sites is 1. The van der Waals surface area contributed by atoms with Gasteiger partial charge >= 0.3 is 0 Å². The highest BCUT2D eigenvalue weighted by Gasteiger charge is 2.14. The fraction of sp³-hybridized carbons (Fsp3) is 0.143. The zero-order valence-electron chi connectivity index (χ0n) is 15.9. The Hall–Kier alpha value is -3.39. The molecule has 0 spiro atoms. The molecule has 29 heavy (non-hydrogen) atoms. The predicted molar refractivity (Wildman–Crippen MR) is 112 cm³/mol. The maximum atomic E-state index is 12.5. The van der Waals surface area contributed by atoms with E-state index in [9.17, 15) is 9.59 Å². The van der Waals surface area contributed by atoms with Gasteiger partial charge in [0.25, 0.3) is 5.56 Å². The molecule has 0 saturated heterocycles. The quantitative estimate of drug-likeness (QED) is 0.300. The first-order chi connectivity index (χ1) is 14.1. The minimum Gasteiger partial charge on any atom is -0.497 e. The zero-order chi connectivity index (χ0) is 20.4. The molecule has 0 aliphatic heterocycles. The number of ether oxygens (including phenoxy) is 1. The van der Waals surface area contributed by atoms with Crippen LogP contribution in [0.1, 0.15) is 15.9 Å². The number of rotatable bonds is 6. The zero-order valence-corrected chi connectivity index (χ0v) is 16.7. The Morgan fingerprint density at radius 1 is 1.17 bits per heavy atom. The molecule has 0 fully saturated rings. The van der Waals surface area contributed by atoms with E-state index in [4.69, 9.17) is 4.74 Å². The second-order valence-electron chi connectivity index (χ2n) is 6.39. The summed E-state index contributed by atoms with van der Waals surface area (Å²) in [7, 11) is 1.58. The molecule has 1 N–H and O–H groups in total. The number of aromatic amines is 1. The summed E-state index contributed by atoms with van der Waals surface area (Å²) in [5, 5.41) is 5.11. The summed E-state index contributed by atoms with van der Waals surface area (Å²) in [6, 6.07) is 14.7. The summed E-state index contributed by atoms with van der Waals surface area (Å²) in [5.74, 6) is 0.780. The van der Waals surface area contributed by atoms with Crippen molar-refractivity contribution in [3.63, 3.8) is 0 Å². The molecule has 2 aromatic carbocycles. The van der Waals surface area contributed by atoms with Crippen molar-refractivity contribution < 1.29 is 9.53 Å². The molecule has 0 amide bonds. The molecule has 0 saturated carbocycles. The van der Waals surface area contributed by atoms with E-state index < -0.39 is 0 Å². The van der Waals surface area contributed by atoms with Crippen LogP contribution < -0.4 is 10.3 Å². The number of aryl methyl sites for hydroxylation is 1. The van der Waals surface area contributed by atoms with Gasteiger partial charge < -0.3 is 9.72 Å². The van der Waals surface area contributed by atoms with E-state index >= 15 is 0 Å². The third kappa shape index (κ3) is 3.79. The van der Waals surface area contributed by atoms with Gasteiger partial charge in [0, 0.05) is 5.56 Å². The minimum absolute atomic E-state index is 0.0622. The van der Waals surface area contributed by atoms with Gasteiger partial charge in [-0.05, 0) is 42.8 Å². The molecule has 7 nitrogen and oxygen atoms in total. The van der Waals surface area contributed by atoms with Gasteiger partial charge in [0.1, 0.15) is 11.1 Å². The molecule has 0 bridgehead atoms. The Balaban J connectivity index is 1.61. The number of carbonyl (C=O) groups is 1. The molecule has 0 radical (unpaired) electrons. The van der Waals surface area contributed by atoms with Crippen LogP contribution in [-0.4, -0.2) is 38.4 Å². The highest BCUT2D eigenvalue weighted by Crippen LogP contribution is 2.21. The monoisotopic (exact) mass is 406 g/mol. The smallest absolute Gasteiger partial charge is 0.262 e. The number of thioether (sulfide) groups is 1. The first kappa shape index (κ1) is 18.9. The Morgan fingerprint density at radius 2 is 1.93 bits per heavy atom. The van der Waals surface area contributed by atoms with Crippen molar-refractivity contribution in [3.8, 4) is 11.4 Å². The summed E-state index contributed by atoms with van der Waals surface area (Å²) < 4.78 is 6.75. The van der Waals surface area contributed by atoms with Crippen LogP contribution in [0.25, 0.3) is 16.7 Å². The van der Waals surface area contributed by atoms with Crippen molar-refractivity contribution in [2.75, 3.05) is 12.9 Å². The summed E-state index contributed by atoms with van der Waals surface area (Å²) in [5.41, 5.74) is 2.62. The van der Waals surface area contributed by atoms with Gasteiger partial charge in [-0.2, -0.15) is 5.10 Å². The van der Waals surface area contributed by atoms with Gasteiger partial charge in [0.15, 0.2) is 16.6 Å². The van der Waals surface area contributed by atoms with E-state index in [-0.39, 0.29) is 17.1 Å². The van der Waals surface area contributed by atoms with Crippen LogP contribution in [0.15, 0.2) is 64.7 Å². The van der Waals surface area contributed by atoms with Crippen LogP contribution in [0.2, 0.25) is 0 Å². The van der Waals surface area contributed by atoms with Gasteiger partial charge in [-0.1, -0.05) is 30.0 Å². The van der Waals surface area contributed by atoms with Gasteiger partial charge in [0.05, 0.1) is 24.7 Å². The standard InChI is InChI=1S/C21H18N4O3S/c1-13-5-3-4-6-17(13)25-19-16(11-22-25)20(27)24-21(23-19)29-12-18(26)14-7-9-15(28-2)10-8-14/h3-11H,12H2,1-2H3,(H,23,24,27). The number of hydrogen-bond acceptors (Lipinski definition) is 6. The lowest BCUT2D eigenvalue weighted by Crippen LogP contribution is -2.11. The summed E-state index contributed by atoms with van der Waals surface area (Å²) in [6.45, 7) is 1.97. The number of aromatic nitrogens is 4. The van der Waals surface area contributed by atoms with Gasteiger partial charge in [-0.15, -0.1) is 0 Å². The van der Waals surface area contributed by atoms with Gasteiger partial charge in [-0.25, -0.2) is 9.67 Å². The van der Waals surface area contributed by atoms with Crippen molar-refractivity contribution in [3.05, 3.63) is 76.2 Å². The molecule has 0 aliphatic carbocycles. The molecule has 2 heterocycles. The van der Waals surface area contributed by atoms with E-state index in [1.807, 2.05) is 31.2 Å². The molecule has 146 valence electrons. The molecule has 0 atom stereocenters. The SMILES string of the molecule is COc1ccc(C(=O)CSc2nc3c(cnn3-c3ccccc3C)c(=O)[nH]2)cc1. The lowest BCUT2D eigenvalue weighted by molar-refractivity contribution is 0.102. The van der Waals surface area contributed by atoms with Crippen LogP contribution in [0.4, 0.5) is 0 Å². The van der Waals surface area contributed by atoms with Gasteiger partial charge in [0.2, 0.25) is 0 Å². The summed E-state index contributed by atoms with van der Waals surface area (Å²) in [4.78, 5) is 32.2. The molecule has 2 aromatic heterocycles. The van der Waals surface area contributed by atoms with Crippen molar-refractivity contribution in [2.24, 2.45) is 0 Å². The Bertz CT molecular complexity index is 1250. The van der Waals surface area contributed by atoms with Crippen LogP contribution in [0, 0.1) is 6.92 Å². The minimum atomic E-state index is -0.283. The maximum absolute atomic E-state index is 12.5. The molecule has 8 heteroatoms. The lowest BCUT2D eigenvalue weighted by Gasteiger charge is -2.07. The maximum Gasteiger partial charge on any atom is 0.262 e. The first-order valence-electron chi connectivity index (χ1n) is 8.91. The second kappa shape index (κ2) is 7.92. The van der Waals surface area contributed by atoms with E-state index in [1.165, 1.54) is 18.0 Å². The topological polar surface area (TPSA) is 89.9 Å². The molecule has 4 rings (SSSR count). The number of hydrogen-bond donors (Lipinski definition) is 1. The number of ketones is 1. The third-order valence-corrected chi connectivity index (χ3v) is 5.39. The molecular weight excluding hydrogens is 388 g/mol. The number of Topliss-reactive ketones (excluding diaryl/α,β-unsaturated/α-hetero) is 1. The Morgan fingerprint density at radius 3 is 2.66 bits per heavy atom. The van der Waals surface area contributed by atoms with Gasteiger partial charge in [-0.3, -0.25) is 9.59 Å². The number of nitrogens with one attached hydrogen (secondary N) is 1. The number of methoxy groups -OCH3 is 1. The molecule has 4 aromatic rings. The number of benzene rings is 2. The number of carbonyl (C=O) groups excluding carboxylic acids is 1. The average Bonchev–Trinajstić information content (AvgIpc) is 3.17. The second-order valence-corrected chi connectivity index (χ2v) is 7.36. The summed E-state index contributed by atoms with van der Waals surface area (Å²) >= 11 is 1.19. The fourth-order valence-corrected chi connectivity index (χ4v) is 3.69. The van der Waals surface area contributed by atoms with Crippen LogP contribution in [0.3, 0.4) is 0 Å². The van der Waals surface area contributed by atoms with Crippen LogP contribution >= 0.6 is 11.8 Å². The first-order valence-corrected chi connectivity index (χ1v) is 9.89. The molecule has 0 unspecified atom stereocenters. The number of fused-ring (bicyclic) bond motifs is 1. The Kier molecular flexibility index (Phi) is 5.18. The normalized spacial score (nSPS) is 11.0. The predicted octanol–water partition coefficient (Wildman–Crippen LogP) is 3.40. The molecular formula is C21H18N4O3S. The lowest BCUT2D eigenvalue weighted by atomic mass is 10.1. The molecule has 0 aliphatic rings. The highest BCUT2D eigenvalue weighted by molar-refractivity contribution is 7.99. The summed E-state index contributed by atoms with van der Waals surface area (Å²) in [6.07, 6.45) is 1.50. The van der Waals surface area contributed by atoms with Crippen molar-refractivity contribution in [1.29, 1.82) is 0 Å². The highest BCUT2D eigenvalue weighted by atomic mass is 32.2. The van der Waals surface area contributed by atoms with Crippen molar-refractivity contribution >= 4 is 28.6 Å². The third-order valence-electron chi connectivity index (χ3n) is 4.51. The Labute approximate surface area is 170 Å². The van der Waals surface area contributed by atoms with Crippen LogP contribution in [-0.2, 0) is 0 Å². The largest absolute Gasteiger partial charge is 0.497 e. The number of nitrogens with zero attached hydrogens (tertiary/aromatic N) is 3. The van der Waals surface area contributed by atoms with E-state index in [0.29, 0.717) is 27.5 Å². The van der Waals surface area contributed by atoms with E-state index in [1.54, 1.807) is 36.1 Å². The van der Waals surface area contributed by atoms with E-state index in [0.717, 1.165) is 11.3 Å². The van der Waals surface area contributed by atoms with E-state index in [2.05, 4.69) is 15.1 Å².